The molecule has 0 amide bonds. The predicted octanol–water partition coefficient (Wildman–Crippen LogP) is 6.82. The largest absolute Gasteiger partial charge is 0.508 e. The summed E-state index contributed by atoms with van der Waals surface area (Å²) in [5.41, 5.74) is 4.99. The number of aromatic hydroxyl groups is 4. The minimum atomic E-state index is -0.933. The lowest BCUT2D eigenvalue weighted by Crippen LogP contribution is -2.05. The quantitative estimate of drug-likeness (QED) is 0.0914. The van der Waals surface area contributed by atoms with Crippen molar-refractivity contribution in [2.75, 3.05) is 0 Å². The number of aliphatic carboxylic acids is 2. The van der Waals surface area contributed by atoms with E-state index in [9.17, 15) is 30.0 Å². The number of benzene rings is 4. The summed E-state index contributed by atoms with van der Waals surface area (Å²) in [7, 11) is 0. The van der Waals surface area contributed by atoms with Crippen LogP contribution in [0.3, 0.4) is 0 Å². The molecule has 0 aliphatic heterocycles. The van der Waals surface area contributed by atoms with Gasteiger partial charge in [-0.15, -0.1) is 0 Å². The molecule has 0 saturated heterocycles. The van der Waals surface area contributed by atoms with Gasteiger partial charge in [0.15, 0.2) is 0 Å². The number of carboxylic acid groups (broad SMARTS) is 2. The number of halogens is 2. The third-order valence-electron chi connectivity index (χ3n) is 7.37. The maximum atomic E-state index is 11.2. The second kappa shape index (κ2) is 13.7. The van der Waals surface area contributed by atoms with E-state index in [1.54, 1.807) is 60.7 Å². The minimum absolute atomic E-state index is 0.0958. The van der Waals surface area contributed by atoms with E-state index in [1.807, 2.05) is 33.4 Å². The van der Waals surface area contributed by atoms with Crippen molar-refractivity contribution in [3.63, 3.8) is 0 Å². The Morgan fingerprint density at radius 2 is 0.978 bits per heavy atom. The summed E-state index contributed by atoms with van der Waals surface area (Å²) in [5.74, 6) is -1.23. The molecule has 2 heterocycles. The number of phenols is 4. The Kier molecular flexibility index (Phi) is 9.77. The maximum absolute atomic E-state index is 11.2. The highest BCUT2D eigenvalue weighted by Crippen LogP contribution is 2.34. The molecule has 46 heavy (non-hydrogen) atoms. The first-order valence-corrected chi connectivity index (χ1v) is 15.8. The van der Waals surface area contributed by atoms with E-state index in [1.165, 1.54) is 0 Å². The van der Waals surface area contributed by atoms with Crippen LogP contribution >= 0.6 is 38.5 Å². The first kappa shape index (κ1) is 32.7. The number of carboxylic acids is 2. The van der Waals surface area contributed by atoms with Gasteiger partial charge in [0, 0.05) is 46.0 Å². The van der Waals surface area contributed by atoms with E-state index < -0.39 is 11.9 Å². The molecule has 4 aromatic carbocycles. The third kappa shape index (κ3) is 7.23. The second-order valence-electron chi connectivity index (χ2n) is 10.6. The summed E-state index contributed by atoms with van der Waals surface area (Å²) >= 11 is 5.63. The lowest BCUT2D eigenvalue weighted by Gasteiger charge is -2.08. The van der Waals surface area contributed by atoms with Crippen LogP contribution in [0.15, 0.2) is 89.5 Å². The van der Waals surface area contributed by atoms with Crippen molar-refractivity contribution in [3.8, 4) is 23.0 Å². The lowest BCUT2D eigenvalue weighted by molar-refractivity contribution is -0.137. The van der Waals surface area contributed by atoms with E-state index in [0.29, 0.717) is 34.2 Å². The van der Waals surface area contributed by atoms with Crippen LogP contribution in [0.5, 0.6) is 23.0 Å². The molecule has 10 nitrogen and oxygen atoms in total. The zero-order valence-electron chi connectivity index (χ0n) is 24.1. The molecule has 0 aliphatic carbocycles. The summed E-state index contributed by atoms with van der Waals surface area (Å²) < 4.78 is 5.46. The Bertz CT molecular complexity index is 1920. The summed E-state index contributed by atoms with van der Waals surface area (Å²) in [6.45, 7) is 1.07. The van der Waals surface area contributed by atoms with Crippen molar-refractivity contribution in [1.82, 2.24) is 9.13 Å². The SMILES string of the molecule is O=C(O)Cc1c(Br)n(Cc2ccc(O)cc2)c2ccc(O)cc12.O=C(O)Cc1c(I)n(Cc2ccc(O)cc2)c2ccc(O)cc12. The smallest absolute Gasteiger partial charge is 0.307 e. The molecule has 0 radical (unpaired) electrons. The molecule has 0 unspecified atom stereocenters. The van der Waals surface area contributed by atoms with Crippen LogP contribution in [0.4, 0.5) is 0 Å². The molecule has 2 aromatic heterocycles. The normalized spacial score (nSPS) is 11.0. The molecular weight excluding hydrogens is 771 g/mol. The van der Waals surface area contributed by atoms with Gasteiger partial charge in [0.05, 0.1) is 21.1 Å². The van der Waals surface area contributed by atoms with Gasteiger partial charge in [-0.1, -0.05) is 24.3 Å². The zero-order valence-corrected chi connectivity index (χ0v) is 27.8. The van der Waals surface area contributed by atoms with Crippen LogP contribution in [0.1, 0.15) is 22.3 Å². The van der Waals surface area contributed by atoms with E-state index >= 15 is 0 Å². The van der Waals surface area contributed by atoms with Crippen molar-refractivity contribution >= 4 is 72.3 Å². The molecule has 0 saturated carbocycles. The van der Waals surface area contributed by atoms with Crippen molar-refractivity contribution in [2.24, 2.45) is 0 Å². The fraction of sp³-hybridized carbons (Fsp3) is 0.118. The standard InChI is InChI=1S/C17H14BrNO4.C17H14INO4/c2*18-17-14(8-16(22)23)13-7-12(21)5-6-15(13)19(17)9-10-1-3-11(20)4-2-10/h2*1-7,20-21H,8-9H2,(H,22,23). The molecule has 0 spiro atoms. The highest BCUT2D eigenvalue weighted by Gasteiger charge is 2.19. The number of phenolic OH excluding ortho intramolecular Hbond substituents is 4. The number of hydrogen-bond acceptors (Lipinski definition) is 6. The van der Waals surface area contributed by atoms with Gasteiger partial charge in [0.2, 0.25) is 0 Å². The van der Waals surface area contributed by atoms with E-state index in [2.05, 4.69) is 38.5 Å². The summed E-state index contributed by atoms with van der Waals surface area (Å²) in [5, 5.41) is 57.9. The number of carbonyl (C=O) groups is 2. The molecule has 0 fully saturated rings. The number of hydrogen-bond donors (Lipinski definition) is 6. The summed E-state index contributed by atoms with van der Waals surface area (Å²) in [4.78, 5) is 22.3. The monoisotopic (exact) mass is 798 g/mol. The fourth-order valence-corrected chi connectivity index (χ4v) is 6.86. The van der Waals surface area contributed by atoms with Crippen molar-refractivity contribution < 1.29 is 40.2 Å². The molecule has 6 rings (SSSR count). The maximum Gasteiger partial charge on any atom is 0.307 e. The van der Waals surface area contributed by atoms with Crippen molar-refractivity contribution in [2.45, 2.75) is 25.9 Å². The van der Waals surface area contributed by atoms with Gasteiger partial charge in [-0.2, -0.15) is 0 Å². The van der Waals surface area contributed by atoms with Gasteiger partial charge in [-0.25, -0.2) is 0 Å². The molecule has 6 aromatic rings. The van der Waals surface area contributed by atoms with Crippen LogP contribution < -0.4 is 0 Å². The second-order valence-corrected chi connectivity index (χ2v) is 12.4. The van der Waals surface area contributed by atoms with E-state index in [0.717, 1.165) is 31.2 Å². The predicted molar refractivity (Wildman–Crippen MR) is 185 cm³/mol. The van der Waals surface area contributed by atoms with Crippen LogP contribution in [-0.4, -0.2) is 51.7 Å². The van der Waals surface area contributed by atoms with Gasteiger partial charge >= 0.3 is 11.9 Å². The Morgan fingerprint density at radius 1 is 0.587 bits per heavy atom. The Balaban J connectivity index is 0.000000181. The van der Waals surface area contributed by atoms with Crippen molar-refractivity contribution in [3.05, 3.63) is 115 Å². The average Bonchev–Trinajstić information content (AvgIpc) is 3.39. The summed E-state index contributed by atoms with van der Waals surface area (Å²) in [6.07, 6.45) is -0.232. The molecule has 0 atom stereocenters. The number of nitrogens with zero attached hydrogens (tertiary/aromatic N) is 2. The lowest BCUT2D eigenvalue weighted by atomic mass is 10.1. The molecule has 6 N–H and O–H groups in total. The molecular formula is C34H28BrIN2O8. The third-order valence-corrected chi connectivity index (χ3v) is 9.51. The molecule has 236 valence electrons. The minimum Gasteiger partial charge on any atom is -0.508 e. The van der Waals surface area contributed by atoms with Crippen LogP contribution in [0, 0.1) is 3.70 Å². The van der Waals surface area contributed by atoms with Crippen LogP contribution in [-0.2, 0) is 35.5 Å². The van der Waals surface area contributed by atoms with Crippen LogP contribution in [0.25, 0.3) is 21.8 Å². The highest BCUT2D eigenvalue weighted by molar-refractivity contribution is 14.1. The average molecular weight is 799 g/mol. The summed E-state index contributed by atoms with van der Waals surface area (Å²) in [6, 6.07) is 23.6. The molecule has 0 bridgehead atoms. The number of rotatable bonds is 8. The van der Waals surface area contributed by atoms with E-state index in [-0.39, 0.29) is 35.8 Å². The number of aromatic nitrogens is 2. The fourth-order valence-electron chi connectivity index (χ4n) is 5.28. The first-order valence-electron chi connectivity index (χ1n) is 13.9. The van der Waals surface area contributed by atoms with Gasteiger partial charge in [0.25, 0.3) is 0 Å². The zero-order chi connectivity index (χ0) is 33.1. The van der Waals surface area contributed by atoms with Gasteiger partial charge in [-0.3, -0.25) is 9.59 Å². The van der Waals surface area contributed by atoms with Gasteiger partial charge in [-0.05, 0) is 110 Å². The number of fused-ring (bicyclic) bond motifs is 2. The Morgan fingerprint density at radius 3 is 1.46 bits per heavy atom. The highest BCUT2D eigenvalue weighted by atomic mass is 127. The van der Waals surface area contributed by atoms with Crippen molar-refractivity contribution in [1.29, 1.82) is 0 Å². The van der Waals surface area contributed by atoms with Gasteiger partial charge in [0.1, 0.15) is 23.0 Å². The molecule has 0 aliphatic rings. The topological polar surface area (TPSA) is 165 Å². The molecule has 12 heteroatoms. The van der Waals surface area contributed by atoms with Crippen LogP contribution in [0.2, 0.25) is 0 Å². The Hall–Kier alpha value is -4.69. The Labute approximate surface area is 284 Å². The van der Waals surface area contributed by atoms with Gasteiger partial charge < -0.3 is 39.8 Å². The van der Waals surface area contributed by atoms with E-state index in [4.69, 9.17) is 10.2 Å². The first-order chi connectivity index (χ1) is 21.9.